The average Bonchev–Trinajstić information content (AvgIpc) is 2.60. The van der Waals surface area contributed by atoms with E-state index in [1.54, 1.807) is 24.3 Å². The maximum absolute atomic E-state index is 12.9. The molecule has 0 saturated heterocycles. The Morgan fingerprint density at radius 3 is 2.32 bits per heavy atom. The van der Waals surface area contributed by atoms with Crippen LogP contribution in [0.3, 0.4) is 0 Å². The van der Waals surface area contributed by atoms with Gasteiger partial charge in [-0.2, -0.15) is 0 Å². The van der Waals surface area contributed by atoms with E-state index >= 15 is 0 Å². The Hall–Kier alpha value is -2.54. The maximum Gasteiger partial charge on any atom is 0.240 e. The van der Waals surface area contributed by atoms with E-state index in [1.807, 2.05) is 6.07 Å². The second-order valence-corrected chi connectivity index (χ2v) is 7.05. The van der Waals surface area contributed by atoms with E-state index in [0.29, 0.717) is 10.5 Å². The lowest BCUT2D eigenvalue weighted by Gasteiger charge is -2.15. The van der Waals surface area contributed by atoms with Gasteiger partial charge in [0.25, 0.3) is 0 Å². The molecule has 5 nitrogen and oxygen atoms in total. The van der Waals surface area contributed by atoms with Crippen molar-refractivity contribution in [2.75, 3.05) is 5.75 Å². The molecule has 0 aromatic heterocycles. The molecule has 0 aliphatic heterocycles. The highest BCUT2D eigenvalue weighted by molar-refractivity contribution is 7.85. The molecule has 0 heterocycles. The Labute approximate surface area is 147 Å². The molecule has 0 aliphatic rings. The fourth-order valence-electron chi connectivity index (χ4n) is 2.23. The normalized spacial score (nSPS) is 13.0. The molecule has 2 amide bonds. The van der Waals surface area contributed by atoms with Crippen molar-refractivity contribution in [3.63, 3.8) is 0 Å². The van der Waals surface area contributed by atoms with Gasteiger partial charge in [-0.15, -0.1) is 0 Å². The molecule has 7 heteroatoms. The summed E-state index contributed by atoms with van der Waals surface area (Å²) in [5, 5.41) is 2.54. The molecular weight excluding hydrogens is 343 g/mol. The van der Waals surface area contributed by atoms with E-state index in [4.69, 9.17) is 5.73 Å². The topological polar surface area (TPSA) is 89.3 Å². The number of hydrogen-bond donors (Lipinski definition) is 2. The van der Waals surface area contributed by atoms with Crippen LogP contribution in [-0.2, 0) is 26.8 Å². The summed E-state index contributed by atoms with van der Waals surface area (Å²) in [5.74, 6) is -1.27. The van der Waals surface area contributed by atoms with E-state index in [9.17, 15) is 18.2 Å². The van der Waals surface area contributed by atoms with Crippen molar-refractivity contribution in [1.29, 1.82) is 0 Å². The molecule has 2 rings (SSSR count). The summed E-state index contributed by atoms with van der Waals surface area (Å²) >= 11 is 0. The number of halogens is 1. The van der Waals surface area contributed by atoms with Crippen molar-refractivity contribution in [2.24, 2.45) is 5.73 Å². The lowest BCUT2D eigenvalue weighted by Crippen LogP contribution is -2.45. The van der Waals surface area contributed by atoms with Crippen LogP contribution in [0.2, 0.25) is 0 Å². The van der Waals surface area contributed by atoms with Gasteiger partial charge in [-0.1, -0.05) is 30.3 Å². The predicted octanol–water partition coefficient (Wildman–Crippen LogP) is 1.54. The van der Waals surface area contributed by atoms with Crippen LogP contribution < -0.4 is 11.1 Å². The van der Waals surface area contributed by atoms with Gasteiger partial charge in [0.1, 0.15) is 11.9 Å². The van der Waals surface area contributed by atoms with Crippen LogP contribution in [0.1, 0.15) is 12.0 Å². The molecule has 0 spiro atoms. The van der Waals surface area contributed by atoms with Gasteiger partial charge in [0, 0.05) is 10.6 Å². The quantitative estimate of drug-likeness (QED) is 0.746. The minimum absolute atomic E-state index is 0.00579. The second kappa shape index (κ2) is 9.08. The molecule has 0 aliphatic carbocycles. The van der Waals surface area contributed by atoms with Gasteiger partial charge >= 0.3 is 0 Å². The number of benzene rings is 2. The van der Waals surface area contributed by atoms with Crippen molar-refractivity contribution in [1.82, 2.24) is 5.32 Å². The Bertz CT molecular complexity index is 751. The van der Waals surface area contributed by atoms with Crippen LogP contribution in [0.5, 0.6) is 0 Å². The number of amides is 2. The zero-order valence-electron chi connectivity index (χ0n) is 13.5. The van der Waals surface area contributed by atoms with Gasteiger partial charge in [-0.3, -0.25) is 13.8 Å². The van der Waals surface area contributed by atoms with Crippen LogP contribution in [0, 0.1) is 5.82 Å². The number of rotatable bonds is 8. The zero-order valence-corrected chi connectivity index (χ0v) is 14.3. The Kier molecular flexibility index (Phi) is 6.82. The molecule has 0 unspecified atom stereocenters. The summed E-state index contributed by atoms with van der Waals surface area (Å²) in [5.41, 5.74) is 5.94. The highest BCUT2D eigenvalue weighted by Crippen LogP contribution is 2.08. The molecule has 25 heavy (non-hydrogen) atoms. The summed E-state index contributed by atoms with van der Waals surface area (Å²) in [4.78, 5) is 24.2. The molecule has 2 atom stereocenters. The lowest BCUT2D eigenvalue weighted by atomic mass is 10.1. The average molecular weight is 362 g/mol. The first-order chi connectivity index (χ1) is 12.0. The molecule has 0 bridgehead atoms. The number of primary amides is 1. The molecule has 0 fully saturated rings. The van der Waals surface area contributed by atoms with Crippen molar-refractivity contribution in [3.05, 3.63) is 66.0 Å². The SMILES string of the molecule is NC(=O)[C@@H](CC[S@](=O)c1ccccc1)NC(=O)Cc1ccc(F)cc1. The minimum atomic E-state index is -1.28. The first-order valence-electron chi connectivity index (χ1n) is 7.72. The first kappa shape index (κ1) is 18.8. The van der Waals surface area contributed by atoms with E-state index in [2.05, 4.69) is 5.32 Å². The Morgan fingerprint density at radius 2 is 1.72 bits per heavy atom. The van der Waals surface area contributed by atoms with Gasteiger partial charge in [-0.25, -0.2) is 4.39 Å². The van der Waals surface area contributed by atoms with Gasteiger partial charge in [-0.05, 0) is 36.2 Å². The Morgan fingerprint density at radius 1 is 1.08 bits per heavy atom. The van der Waals surface area contributed by atoms with Crippen LogP contribution >= 0.6 is 0 Å². The number of hydrogen-bond acceptors (Lipinski definition) is 3. The van der Waals surface area contributed by atoms with Gasteiger partial charge in [0.05, 0.1) is 17.2 Å². The smallest absolute Gasteiger partial charge is 0.240 e. The number of carbonyl (C=O) groups excluding carboxylic acids is 2. The molecular formula is C18H19FN2O3S. The molecule has 0 radical (unpaired) electrons. The lowest BCUT2D eigenvalue weighted by molar-refractivity contribution is -0.127. The summed E-state index contributed by atoms with van der Waals surface area (Å²) in [6.07, 6.45) is 0.178. The summed E-state index contributed by atoms with van der Waals surface area (Å²) in [6.45, 7) is 0. The van der Waals surface area contributed by atoms with Crippen LogP contribution in [0.4, 0.5) is 4.39 Å². The van der Waals surface area contributed by atoms with Gasteiger partial charge in [0.15, 0.2) is 0 Å². The zero-order chi connectivity index (χ0) is 18.2. The minimum Gasteiger partial charge on any atom is -0.368 e. The van der Waals surface area contributed by atoms with E-state index in [1.165, 1.54) is 24.3 Å². The van der Waals surface area contributed by atoms with Gasteiger partial charge < -0.3 is 11.1 Å². The third-order valence-electron chi connectivity index (χ3n) is 3.55. The molecule has 2 aromatic carbocycles. The standard InChI is InChI=1S/C18H19FN2O3S/c19-14-8-6-13(7-9-14)12-17(22)21-16(18(20)23)10-11-25(24)15-4-2-1-3-5-15/h1-9,16H,10-12H2,(H2,20,23)(H,21,22)/t16-,25+/m1/s1. The molecule has 132 valence electrons. The largest absolute Gasteiger partial charge is 0.368 e. The van der Waals surface area contributed by atoms with Crippen molar-refractivity contribution >= 4 is 22.6 Å². The molecule has 3 N–H and O–H groups in total. The van der Waals surface area contributed by atoms with E-state index in [0.717, 1.165) is 0 Å². The first-order valence-corrected chi connectivity index (χ1v) is 9.04. The summed E-state index contributed by atoms with van der Waals surface area (Å²) < 4.78 is 25.1. The predicted molar refractivity (Wildman–Crippen MR) is 93.6 cm³/mol. The molecule has 0 saturated carbocycles. The fraction of sp³-hybridized carbons (Fsp3) is 0.222. The van der Waals surface area contributed by atoms with Gasteiger partial charge in [0.2, 0.25) is 11.8 Å². The number of nitrogens with two attached hydrogens (primary N) is 1. The van der Waals surface area contributed by atoms with E-state index < -0.39 is 28.7 Å². The summed E-state index contributed by atoms with van der Waals surface area (Å²) in [7, 11) is -1.28. The summed E-state index contributed by atoms with van der Waals surface area (Å²) in [6, 6.07) is 13.5. The fourth-order valence-corrected chi connectivity index (χ4v) is 3.38. The van der Waals surface area contributed by atoms with Crippen molar-refractivity contribution < 1.29 is 18.2 Å². The number of carbonyl (C=O) groups is 2. The monoisotopic (exact) mass is 362 g/mol. The van der Waals surface area contributed by atoms with Crippen LogP contribution in [0.25, 0.3) is 0 Å². The van der Waals surface area contributed by atoms with Crippen molar-refractivity contribution in [3.8, 4) is 0 Å². The van der Waals surface area contributed by atoms with Crippen LogP contribution in [0.15, 0.2) is 59.5 Å². The second-order valence-electron chi connectivity index (χ2n) is 5.48. The highest BCUT2D eigenvalue weighted by Gasteiger charge is 2.19. The highest BCUT2D eigenvalue weighted by atomic mass is 32.2. The number of nitrogens with one attached hydrogen (secondary N) is 1. The van der Waals surface area contributed by atoms with E-state index in [-0.39, 0.29) is 24.4 Å². The van der Waals surface area contributed by atoms with Crippen LogP contribution in [-0.4, -0.2) is 27.8 Å². The molecule has 2 aromatic rings. The third-order valence-corrected chi connectivity index (χ3v) is 4.96. The maximum atomic E-state index is 12.9. The third kappa shape index (κ3) is 6.11. The Balaban J connectivity index is 1.89. The van der Waals surface area contributed by atoms with Crippen molar-refractivity contribution in [2.45, 2.75) is 23.8 Å².